The van der Waals surface area contributed by atoms with Gasteiger partial charge in [-0.2, -0.15) is 0 Å². The highest BCUT2D eigenvalue weighted by atomic mass is 32.2. The van der Waals surface area contributed by atoms with Gasteiger partial charge in [-0.25, -0.2) is 4.79 Å². The maximum absolute atomic E-state index is 12.3. The van der Waals surface area contributed by atoms with Gasteiger partial charge in [-0.15, -0.1) is 4.72 Å². The summed E-state index contributed by atoms with van der Waals surface area (Å²) in [6, 6.07) is 0.453. The highest BCUT2D eigenvalue weighted by Crippen LogP contribution is 2.29. The second-order valence-electron chi connectivity index (χ2n) is 8.77. The predicted octanol–water partition coefficient (Wildman–Crippen LogP) is 3.90. The zero-order valence-electron chi connectivity index (χ0n) is 16.4. The van der Waals surface area contributed by atoms with Gasteiger partial charge >= 0.3 is 6.09 Å². The van der Waals surface area contributed by atoms with Crippen LogP contribution in [0, 0.1) is 5.92 Å². The summed E-state index contributed by atoms with van der Waals surface area (Å²) < 4.78 is 20.7. The molecule has 1 aliphatic rings. The van der Waals surface area contributed by atoms with Crippen molar-refractivity contribution in [1.29, 1.82) is 0 Å². The van der Waals surface area contributed by atoms with Crippen LogP contribution in [0.25, 0.3) is 0 Å². The molecule has 0 aromatic rings. The molecule has 2 N–H and O–H groups in total. The van der Waals surface area contributed by atoms with Gasteiger partial charge in [0, 0.05) is 17.4 Å². The quantitative estimate of drug-likeness (QED) is 0.729. The van der Waals surface area contributed by atoms with Crippen LogP contribution in [-0.2, 0) is 16.1 Å². The molecule has 1 amide bonds. The van der Waals surface area contributed by atoms with Gasteiger partial charge in [0.2, 0.25) is 0 Å². The molecule has 24 heavy (non-hydrogen) atoms. The van der Waals surface area contributed by atoms with Crippen molar-refractivity contribution in [2.24, 2.45) is 5.92 Å². The summed E-state index contributed by atoms with van der Waals surface area (Å²) in [5.74, 6) is 0.512. The van der Waals surface area contributed by atoms with Crippen molar-refractivity contribution in [2.75, 3.05) is 0 Å². The number of carbonyl (C=O) groups is 1. The Kier molecular flexibility index (Phi) is 7.88. The fourth-order valence-corrected chi connectivity index (χ4v) is 3.95. The molecule has 0 saturated heterocycles. The first-order valence-electron chi connectivity index (χ1n) is 9.10. The van der Waals surface area contributed by atoms with Crippen molar-refractivity contribution in [2.45, 2.75) is 103 Å². The Labute approximate surface area is 151 Å². The van der Waals surface area contributed by atoms with Crippen LogP contribution in [-0.4, -0.2) is 33.1 Å². The van der Waals surface area contributed by atoms with E-state index in [1.54, 1.807) is 0 Å². The molecule has 1 fully saturated rings. The summed E-state index contributed by atoms with van der Waals surface area (Å²) in [6.45, 7) is 13.7. The third-order valence-corrected chi connectivity index (χ3v) is 5.95. The molecule has 6 heteroatoms. The molecule has 1 rings (SSSR count). The van der Waals surface area contributed by atoms with E-state index in [0.29, 0.717) is 5.92 Å². The van der Waals surface area contributed by atoms with E-state index in [-0.39, 0.29) is 22.9 Å². The predicted molar refractivity (Wildman–Crippen MR) is 100 cm³/mol. The van der Waals surface area contributed by atoms with E-state index < -0.39 is 17.0 Å². The fourth-order valence-electron chi connectivity index (χ4n) is 2.97. The summed E-state index contributed by atoms with van der Waals surface area (Å²) >= 11 is -1.04. The van der Waals surface area contributed by atoms with Crippen molar-refractivity contribution in [3.63, 3.8) is 0 Å². The molecule has 2 atom stereocenters. The molecule has 0 aromatic heterocycles. The number of rotatable bonds is 5. The summed E-state index contributed by atoms with van der Waals surface area (Å²) in [6.07, 6.45) is 4.61. The maximum Gasteiger partial charge on any atom is 0.407 e. The van der Waals surface area contributed by atoms with E-state index in [9.17, 15) is 9.35 Å². The molecular formula is C18H36N2O3S. The van der Waals surface area contributed by atoms with Gasteiger partial charge in [0.15, 0.2) is 0 Å². The van der Waals surface area contributed by atoms with Crippen molar-refractivity contribution in [1.82, 2.24) is 10.0 Å². The third-order valence-electron chi connectivity index (χ3n) is 4.32. The Hall–Kier alpha value is -0.460. The molecule has 0 radical (unpaired) electrons. The van der Waals surface area contributed by atoms with Crippen molar-refractivity contribution in [3.8, 4) is 0 Å². The fraction of sp³-hybridized carbons (Fsp3) is 0.944. The largest absolute Gasteiger partial charge is 0.598 e. The third kappa shape index (κ3) is 7.62. The van der Waals surface area contributed by atoms with Gasteiger partial charge in [-0.3, -0.25) is 0 Å². The van der Waals surface area contributed by atoms with Gasteiger partial charge in [0.25, 0.3) is 0 Å². The standard InChI is InChI=1S/C18H36N2O3S/c1-8-15(20-24(22)18(5,6)7)13-9-11-14(12-10-13)19-16(21)23-17(2,3)4/h13-15,20H,8-12H2,1-7H3,(H,19,21)/t13?,14?,15-,24-/m0/s1. The monoisotopic (exact) mass is 360 g/mol. The number of nitrogens with one attached hydrogen (secondary N) is 2. The minimum atomic E-state index is -1.04. The number of alkyl carbamates (subject to hydrolysis) is 1. The van der Waals surface area contributed by atoms with Crippen LogP contribution < -0.4 is 10.0 Å². The lowest BCUT2D eigenvalue weighted by Crippen LogP contribution is -2.49. The molecule has 0 heterocycles. The van der Waals surface area contributed by atoms with Crippen LogP contribution in [0.3, 0.4) is 0 Å². The first kappa shape index (κ1) is 21.6. The van der Waals surface area contributed by atoms with Gasteiger partial charge in [0.1, 0.15) is 10.3 Å². The molecule has 0 spiro atoms. The van der Waals surface area contributed by atoms with E-state index in [4.69, 9.17) is 4.74 Å². The van der Waals surface area contributed by atoms with E-state index in [0.717, 1.165) is 32.1 Å². The highest BCUT2D eigenvalue weighted by Gasteiger charge is 2.34. The molecule has 0 bridgehead atoms. The average Bonchev–Trinajstić information content (AvgIpc) is 2.42. The van der Waals surface area contributed by atoms with Crippen LogP contribution in [0.2, 0.25) is 0 Å². The van der Waals surface area contributed by atoms with Crippen molar-refractivity contribution < 1.29 is 14.1 Å². The lowest BCUT2D eigenvalue weighted by atomic mass is 9.81. The van der Waals surface area contributed by atoms with Crippen LogP contribution in [0.15, 0.2) is 0 Å². The first-order valence-corrected chi connectivity index (χ1v) is 10.2. The second-order valence-corrected chi connectivity index (χ2v) is 10.8. The highest BCUT2D eigenvalue weighted by molar-refractivity contribution is 7.90. The van der Waals surface area contributed by atoms with Gasteiger partial charge in [-0.05, 0) is 79.6 Å². The minimum Gasteiger partial charge on any atom is -0.598 e. The lowest BCUT2D eigenvalue weighted by molar-refractivity contribution is 0.0485. The normalized spacial score (nSPS) is 25.0. The van der Waals surface area contributed by atoms with Crippen LogP contribution in [0.1, 0.15) is 80.6 Å². The van der Waals surface area contributed by atoms with Gasteiger partial charge < -0.3 is 14.6 Å². The number of ether oxygens (including phenoxy) is 1. The smallest absolute Gasteiger partial charge is 0.407 e. The maximum atomic E-state index is 12.3. The molecule has 0 aromatic carbocycles. The van der Waals surface area contributed by atoms with Crippen LogP contribution >= 0.6 is 0 Å². The zero-order valence-corrected chi connectivity index (χ0v) is 17.2. The molecule has 142 valence electrons. The minimum absolute atomic E-state index is 0.182. The number of carbonyl (C=O) groups excluding carboxylic acids is 1. The average molecular weight is 361 g/mol. The van der Waals surface area contributed by atoms with Gasteiger partial charge in [-0.1, -0.05) is 6.92 Å². The first-order chi connectivity index (χ1) is 10.9. The molecular weight excluding hydrogens is 324 g/mol. The topological polar surface area (TPSA) is 73.4 Å². The van der Waals surface area contributed by atoms with Crippen LogP contribution in [0.4, 0.5) is 4.79 Å². The van der Waals surface area contributed by atoms with E-state index in [1.165, 1.54) is 0 Å². The molecule has 1 aliphatic carbocycles. The molecule has 1 saturated carbocycles. The summed E-state index contributed by atoms with van der Waals surface area (Å²) in [4.78, 5) is 11.9. The second kappa shape index (κ2) is 8.77. The number of hydrogen-bond acceptors (Lipinski definition) is 4. The van der Waals surface area contributed by atoms with Gasteiger partial charge in [0.05, 0.1) is 6.04 Å². The van der Waals surface area contributed by atoms with E-state index in [2.05, 4.69) is 17.0 Å². The van der Waals surface area contributed by atoms with Crippen molar-refractivity contribution in [3.05, 3.63) is 0 Å². The summed E-state index contributed by atoms with van der Waals surface area (Å²) in [5.41, 5.74) is -0.463. The molecule has 0 unspecified atom stereocenters. The zero-order chi connectivity index (χ0) is 18.5. The number of hydrogen-bond donors (Lipinski definition) is 2. The van der Waals surface area contributed by atoms with E-state index in [1.807, 2.05) is 41.5 Å². The Morgan fingerprint density at radius 2 is 1.71 bits per heavy atom. The van der Waals surface area contributed by atoms with E-state index >= 15 is 0 Å². The molecule has 5 nitrogen and oxygen atoms in total. The number of amides is 1. The SMILES string of the molecule is CC[C@H](N[S@@+]([O-])C(C)(C)C)C1CCC(NC(=O)OC(C)(C)C)CC1. The summed E-state index contributed by atoms with van der Waals surface area (Å²) in [7, 11) is 0. The Morgan fingerprint density at radius 3 is 2.12 bits per heavy atom. The van der Waals surface area contributed by atoms with Crippen molar-refractivity contribution >= 4 is 17.5 Å². The Balaban J connectivity index is 2.44. The Bertz CT molecular complexity index is 396. The lowest BCUT2D eigenvalue weighted by Gasteiger charge is -2.36. The summed E-state index contributed by atoms with van der Waals surface area (Å²) in [5, 5.41) is 2.98. The van der Waals surface area contributed by atoms with Crippen LogP contribution in [0.5, 0.6) is 0 Å². The molecule has 0 aliphatic heterocycles. The Morgan fingerprint density at radius 1 is 1.17 bits per heavy atom.